The summed E-state index contributed by atoms with van der Waals surface area (Å²) in [4.78, 5) is 51.5. The molecule has 2 heterocycles. The quantitative estimate of drug-likeness (QED) is 0.350. The molecule has 0 aliphatic carbocycles. The fraction of sp³-hybridized carbons (Fsp3) is 0.765. The van der Waals surface area contributed by atoms with E-state index in [1.807, 2.05) is 0 Å². The second-order valence-electron chi connectivity index (χ2n) is 7.08. The lowest BCUT2D eigenvalue weighted by molar-refractivity contribution is -0.148. The summed E-state index contributed by atoms with van der Waals surface area (Å²) in [6, 6.07) is -3.57. The summed E-state index contributed by atoms with van der Waals surface area (Å²) < 4.78 is 0. The maximum absolute atomic E-state index is 13.0. The molecule has 10 heteroatoms. The molecule has 10 nitrogen and oxygen atoms in total. The average Bonchev–Trinajstić information content (AvgIpc) is 3.33. The predicted octanol–water partition coefficient (Wildman–Crippen LogP) is -2.65. The Bertz CT molecular complexity index is 584. The van der Waals surface area contributed by atoms with Gasteiger partial charge in [-0.25, -0.2) is 0 Å². The number of nitrogens with zero attached hydrogens (tertiary/aromatic N) is 2. The van der Waals surface area contributed by atoms with E-state index in [0.717, 1.165) is 0 Å². The highest BCUT2D eigenvalue weighted by Gasteiger charge is 2.43. The minimum atomic E-state index is -1.10. The second kappa shape index (κ2) is 9.25. The van der Waals surface area contributed by atoms with Gasteiger partial charge >= 0.3 is 0 Å². The molecule has 2 aliphatic heterocycles. The van der Waals surface area contributed by atoms with Crippen LogP contribution in [0.15, 0.2) is 0 Å². The topological polar surface area (TPSA) is 153 Å². The first-order valence-electron chi connectivity index (χ1n) is 9.23. The van der Waals surface area contributed by atoms with Crippen LogP contribution in [0.4, 0.5) is 0 Å². The number of hydrogen-bond donors (Lipinski definition) is 4. The van der Waals surface area contributed by atoms with E-state index in [-0.39, 0.29) is 5.91 Å². The van der Waals surface area contributed by atoms with Gasteiger partial charge in [-0.1, -0.05) is 0 Å². The predicted molar refractivity (Wildman–Crippen MR) is 94.2 cm³/mol. The molecule has 0 radical (unpaired) electrons. The Balaban J connectivity index is 2.09. The average molecular weight is 384 g/mol. The lowest BCUT2D eigenvalue weighted by Crippen LogP contribution is -2.57. The van der Waals surface area contributed by atoms with Crippen molar-refractivity contribution < 1.29 is 29.4 Å². The van der Waals surface area contributed by atoms with E-state index in [1.54, 1.807) is 0 Å². The van der Waals surface area contributed by atoms with Crippen molar-refractivity contribution in [2.75, 3.05) is 19.7 Å². The van der Waals surface area contributed by atoms with Crippen LogP contribution in [0.25, 0.3) is 0 Å². The third kappa shape index (κ3) is 4.63. The van der Waals surface area contributed by atoms with Crippen LogP contribution in [-0.4, -0.2) is 94.0 Å². The molecule has 2 rings (SSSR count). The Hall–Kier alpha value is -2.04. The molecule has 0 saturated carbocycles. The third-order valence-electron chi connectivity index (χ3n) is 5.15. The van der Waals surface area contributed by atoms with E-state index in [1.165, 1.54) is 16.7 Å². The van der Waals surface area contributed by atoms with Gasteiger partial charge in [-0.15, -0.1) is 0 Å². The van der Waals surface area contributed by atoms with E-state index in [4.69, 9.17) is 10.8 Å². The van der Waals surface area contributed by atoms with Crippen LogP contribution in [0.1, 0.15) is 32.6 Å². The summed E-state index contributed by atoms with van der Waals surface area (Å²) in [5.74, 6) is -1.31. The second-order valence-corrected chi connectivity index (χ2v) is 7.08. The number of rotatable bonds is 7. The Morgan fingerprint density at radius 1 is 1.19 bits per heavy atom. The normalized spacial score (nSPS) is 25.8. The molecule has 0 aromatic rings. The fourth-order valence-electron chi connectivity index (χ4n) is 3.58. The van der Waals surface area contributed by atoms with Crippen molar-refractivity contribution >= 4 is 24.0 Å². The van der Waals surface area contributed by atoms with Crippen LogP contribution in [0.2, 0.25) is 0 Å². The molecule has 5 atom stereocenters. The van der Waals surface area contributed by atoms with Crippen molar-refractivity contribution in [2.24, 2.45) is 5.73 Å². The molecule has 5 N–H and O–H groups in total. The molecule has 0 bridgehead atoms. The molecule has 0 aromatic heterocycles. The van der Waals surface area contributed by atoms with Crippen molar-refractivity contribution in [1.29, 1.82) is 0 Å². The minimum absolute atomic E-state index is 0.331. The van der Waals surface area contributed by atoms with Gasteiger partial charge < -0.3 is 35.9 Å². The van der Waals surface area contributed by atoms with E-state index in [0.29, 0.717) is 45.1 Å². The van der Waals surface area contributed by atoms with Crippen LogP contribution in [0, 0.1) is 0 Å². The van der Waals surface area contributed by atoms with Crippen LogP contribution < -0.4 is 11.1 Å². The molecule has 152 valence electrons. The van der Waals surface area contributed by atoms with Gasteiger partial charge in [0, 0.05) is 13.1 Å². The van der Waals surface area contributed by atoms with Crippen LogP contribution in [0.3, 0.4) is 0 Å². The molecular formula is C17H28N4O6. The van der Waals surface area contributed by atoms with Crippen LogP contribution >= 0.6 is 0 Å². The van der Waals surface area contributed by atoms with Gasteiger partial charge in [0.05, 0.1) is 12.7 Å². The summed E-state index contributed by atoms with van der Waals surface area (Å²) in [6.45, 7) is 1.65. The Morgan fingerprint density at radius 3 is 2.33 bits per heavy atom. The molecule has 2 saturated heterocycles. The highest BCUT2D eigenvalue weighted by molar-refractivity contribution is 5.94. The summed E-state index contributed by atoms with van der Waals surface area (Å²) in [5, 5.41) is 21.0. The van der Waals surface area contributed by atoms with Crippen molar-refractivity contribution in [1.82, 2.24) is 15.1 Å². The summed E-state index contributed by atoms with van der Waals surface area (Å²) in [5.41, 5.74) is 5.73. The first kappa shape index (κ1) is 21.3. The van der Waals surface area contributed by atoms with Gasteiger partial charge in [-0.3, -0.25) is 14.4 Å². The zero-order chi connectivity index (χ0) is 20.1. The van der Waals surface area contributed by atoms with E-state index < -0.39 is 48.7 Å². The largest absolute Gasteiger partial charge is 0.394 e. The molecule has 3 amide bonds. The van der Waals surface area contributed by atoms with E-state index in [9.17, 15) is 24.3 Å². The number of amides is 3. The number of carbonyl (C=O) groups excluding carboxylic acids is 4. The molecule has 1 unspecified atom stereocenters. The van der Waals surface area contributed by atoms with Gasteiger partial charge in [0.15, 0.2) is 0 Å². The van der Waals surface area contributed by atoms with Crippen molar-refractivity contribution in [3.05, 3.63) is 0 Å². The first-order valence-corrected chi connectivity index (χ1v) is 9.23. The van der Waals surface area contributed by atoms with Crippen molar-refractivity contribution in [2.45, 2.75) is 62.9 Å². The Kier molecular flexibility index (Phi) is 7.28. The summed E-state index contributed by atoms with van der Waals surface area (Å²) in [6.07, 6.45) is 1.59. The fourth-order valence-corrected chi connectivity index (χ4v) is 3.58. The van der Waals surface area contributed by atoms with Gasteiger partial charge in [-0.05, 0) is 32.6 Å². The standard InChI is InChI=1S/C17H28N4O6/c1-10(24)14(18)17(27)21-7-3-5-13(21)16(26)20-6-2-4-12(20)15(25)19-11(8-22)9-23/h8,10-14,23-24H,2-7,9,18H2,1H3,(H,19,25)/t10?,11-,12+,13+,14+/m1/s1. The summed E-state index contributed by atoms with van der Waals surface area (Å²) >= 11 is 0. The minimum Gasteiger partial charge on any atom is -0.394 e. The van der Waals surface area contributed by atoms with Gasteiger partial charge in [0.1, 0.15) is 30.5 Å². The number of carbonyl (C=O) groups is 4. The maximum atomic E-state index is 13.0. The lowest BCUT2D eigenvalue weighted by atomic mass is 10.1. The number of aldehydes is 1. The zero-order valence-electron chi connectivity index (χ0n) is 15.4. The lowest BCUT2D eigenvalue weighted by Gasteiger charge is -2.32. The Labute approximate surface area is 157 Å². The van der Waals surface area contributed by atoms with E-state index in [2.05, 4.69) is 5.32 Å². The highest BCUT2D eigenvalue weighted by atomic mass is 16.3. The maximum Gasteiger partial charge on any atom is 0.246 e. The molecule has 2 aliphatic rings. The number of nitrogens with one attached hydrogen (secondary N) is 1. The Morgan fingerprint density at radius 2 is 1.78 bits per heavy atom. The molecule has 0 spiro atoms. The molecule has 27 heavy (non-hydrogen) atoms. The highest BCUT2D eigenvalue weighted by Crippen LogP contribution is 2.25. The van der Waals surface area contributed by atoms with Crippen LogP contribution in [0.5, 0.6) is 0 Å². The summed E-state index contributed by atoms with van der Waals surface area (Å²) in [7, 11) is 0. The molecule has 0 aromatic carbocycles. The molecular weight excluding hydrogens is 356 g/mol. The van der Waals surface area contributed by atoms with Crippen molar-refractivity contribution in [3.63, 3.8) is 0 Å². The third-order valence-corrected chi connectivity index (χ3v) is 5.15. The SMILES string of the molecule is CC(O)[C@H](N)C(=O)N1CCC[C@H]1C(=O)N1CCC[C@H]1C(=O)N[C@H](C=O)CO. The van der Waals surface area contributed by atoms with Gasteiger partial charge in [0.2, 0.25) is 17.7 Å². The smallest absolute Gasteiger partial charge is 0.246 e. The number of likely N-dealkylation sites (tertiary alicyclic amines) is 2. The monoisotopic (exact) mass is 384 g/mol. The zero-order valence-corrected chi connectivity index (χ0v) is 15.4. The number of aliphatic hydroxyl groups is 2. The van der Waals surface area contributed by atoms with Crippen molar-refractivity contribution in [3.8, 4) is 0 Å². The molecule has 2 fully saturated rings. The van der Waals surface area contributed by atoms with Gasteiger partial charge in [0.25, 0.3) is 0 Å². The number of aliphatic hydroxyl groups excluding tert-OH is 2. The van der Waals surface area contributed by atoms with E-state index >= 15 is 0 Å². The number of nitrogens with two attached hydrogens (primary N) is 1. The van der Waals surface area contributed by atoms with Gasteiger partial charge in [-0.2, -0.15) is 0 Å². The van der Waals surface area contributed by atoms with Crippen LogP contribution in [-0.2, 0) is 19.2 Å². The number of hydrogen-bond acceptors (Lipinski definition) is 7. The first-order chi connectivity index (χ1) is 12.8.